The van der Waals surface area contributed by atoms with E-state index in [0.29, 0.717) is 11.1 Å². The lowest BCUT2D eigenvalue weighted by molar-refractivity contribution is 0.0696. The zero-order valence-corrected chi connectivity index (χ0v) is 13.4. The minimum Gasteiger partial charge on any atom is -0.478 e. The molecule has 0 aliphatic carbocycles. The first-order valence-electron chi connectivity index (χ1n) is 7.58. The van der Waals surface area contributed by atoms with E-state index in [1.165, 1.54) is 18.2 Å². The van der Waals surface area contributed by atoms with Crippen molar-refractivity contribution in [3.05, 3.63) is 76.5 Å². The maximum atomic E-state index is 12.8. The predicted octanol–water partition coefficient (Wildman–Crippen LogP) is 3.96. The Morgan fingerprint density at radius 1 is 1.16 bits per heavy atom. The number of nitrogens with one attached hydrogen (secondary N) is 1. The van der Waals surface area contributed by atoms with E-state index in [1.54, 1.807) is 18.3 Å². The van der Waals surface area contributed by atoms with Gasteiger partial charge in [-0.15, -0.1) is 0 Å². The van der Waals surface area contributed by atoms with Gasteiger partial charge in [0.2, 0.25) is 5.78 Å². The van der Waals surface area contributed by atoms with Crippen LogP contribution in [0.2, 0.25) is 0 Å². The summed E-state index contributed by atoms with van der Waals surface area (Å²) in [7, 11) is 0. The molecule has 0 spiro atoms. The van der Waals surface area contributed by atoms with Gasteiger partial charge in [-0.3, -0.25) is 4.79 Å². The maximum absolute atomic E-state index is 12.8. The number of nitriles is 1. The maximum Gasteiger partial charge on any atom is 0.335 e. The van der Waals surface area contributed by atoms with Gasteiger partial charge in [-0.1, -0.05) is 24.3 Å². The molecule has 0 aliphatic heterocycles. The third-order valence-electron chi connectivity index (χ3n) is 3.99. The number of nitrogens with zero attached hydrogens (tertiary/aromatic N) is 1. The summed E-state index contributed by atoms with van der Waals surface area (Å²) in [5.41, 5.74) is 2.97. The largest absolute Gasteiger partial charge is 0.478 e. The van der Waals surface area contributed by atoms with Crippen molar-refractivity contribution >= 4 is 28.7 Å². The molecule has 5 heteroatoms. The number of H-pyrrole nitrogens is 1. The average molecular weight is 330 g/mol. The molecular weight excluding hydrogens is 316 g/mol. The number of carboxylic acids is 1. The van der Waals surface area contributed by atoms with Crippen LogP contribution in [-0.2, 0) is 0 Å². The van der Waals surface area contributed by atoms with Crippen LogP contribution >= 0.6 is 0 Å². The molecule has 3 rings (SSSR count). The number of ketones is 1. The van der Waals surface area contributed by atoms with E-state index < -0.39 is 5.97 Å². The van der Waals surface area contributed by atoms with Crippen LogP contribution in [0.1, 0.15) is 31.8 Å². The molecule has 0 radical (unpaired) electrons. The number of aromatic amines is 1. The molecule has 0 bridgehead atoms. The number of hydrogen-bond acceptors (Lipinski definition) is 3. The van der Waals surface area contributed by atoms with Gasteiger partial charge in [0.15, 0.2) is 0 Å². The van der Waals surface area contributed by atoms with E-state index in [1.807, 2.05) is 31.2 Å². The molecule has 0 saturated carbocycles. The van der Waals surface area contributed by atoms with E-state index >= 15 is 0 Å². The van der Waals surface area contributed by atoms with Gasteiger partial charge in [0, 0.05) is 22.7 Å². The molecule has 0 saturated heterocycles. The smallest absolute Gasteiger partial charge is 0.335 e. The Morgan fingerprint density at radius 2 is 1.88 bits per heavy atom. The van der Waals surface area contributed by atoms with Crippen molar-refractivity contribution in [2.45, 2.75) is 6.92 Å². The highest BCUT2D eigenvalue weighted by atomic mass is 16.4. The zero-order valence-electron chi connectivity index (χ0n) is 13.4. The Hall–Kier alpha value is -3.65. The van der Waals surface area contributed by atoms with E-state index in [2.05, 4.69) is 4.98 Å². The number of rotatable bonds is 4. The molecule has 3 aromatic rings. The van der Waals surface area contributed by atoms with Crippen molar-refractivity contribution in [1.82, 2.24) is 4.98 Å². The van der Waals surface area contributed by atoms with Crippen molar-refractivity contribution < 1.29 is 14.7 Å². The zero-order chi connectivity index (χ0) is 18.0. The van der Waals surface area contributed by atoms with Crippen LogP contribution < -0.4 is 0 Å². The van der Waals surface area contributed by atoms with Gasteiger partial charge in [-0.25, -0.2) is 4.79 Å². The molecule has 1 heterocycles. The van der Waals surface area contributed by atoms with Crippen LogP contribution in [0.4, 0.5) is 0 Å². The van der Waals surface area contributed by atoms with Gasteiger partial charge in [0.1, 0.15) is 11.6 Å². The number of carbonyl (C=O) groups is 2. The highest BCUT2D eigenvalue weighted by molar-refractivity contribution is 6.20. The minimum absolute atomic E-state index is 0.00720. The van der Waals surface area contributed by atoms with Crippen molar-refractivity contribution in [2.24, 2.45) is 0 Å². The predicted molar refractivity (Wildman–Crippen MR) is 94.4 cm³/mol. The fraction of sp³-hybridized carbons (Fsp3) is 0.0500. The lowest BCUT2D eigenvalue weighted by Crippen LogP contribution is -2.02. The van der Waals surface area contributed by atoms with Crippen LogP contribution in [0.25, 0.3) is 17.0 Å². The Balaban J connectivity index is 2.01. The Kier molecular flexibility index (Phi) is 4.19. The van der Waals surface area contributed by atoms with Crippen LogP contribution in [0, 0.1) is 18.3 Å². The minimum atomic E-state index is -1.03. The molecule has 1 aromatic heterocycles. The van der Waals surface area contributed by atoms with Crippen molar-refractivity contribution in [3.8, 4) is 6.07 Å². The SMILES string of the molecule is Cc1cccc2[nH]cc(C(=O)/C(C#N)=C\c3ccc(C(=O)O)cc3)c12. The van der Waals surface area contributed by atoms with Crippen LogP contribution in [0.3, 0.4) is 0 Å². The second-order valence-corrected chi connectivity index (χ2v) is 5.63. The fourth-order valence-electron chi connectivity index (χ4n) is 2.73. The number of carboxylic acid groups (broad SMARTS) is 1. The first-order valence-corrected chi connectivity index (χ1v) is 7.58. The Labute approximate surface area is 143 Å². The molecule has 2 N–H and O–H groups in total. The molecule has 5 nitrogen and oxygen atoms in total. The molecule has 2 aromatic carbocycles. The summed E-state index contributed by atoms with van der Waals surface area (Å²) < 4.78 is 0. The lowest BCUT2D eigenvalue weighted by Gasteiger charge is -2.02. The lowest BCUT2D eigenvalue weighted by atomic mass is 9.99. The highest BCUT2D eigenvalue weighted by Crippen LogP contribution is 2.25. The molecule has 0 amide bonds. The van der Waals surface area contributed by atoms with Gasteiger partial charge in [-0.05, 0) is 42.3 Å². The number of allylic oxidation sites excluding steroid dienone is 1. The van der Waals surface area contributed by atoms with Crippen LogP contribution in [0.15, 0.2) is 54.2 Å². The van der Waals surface area contributed by atoms with Crippen LogP contribution in [-0.4, -0.2) is 21.8 Å². The van der Waals surface area contributed by atoms with Gasteiger partial charge in [0.05, 0.1) is 5.56 Å². The normalized spacial score (nSPS) is 11.3. The summed E-state index contributed by atoms with van der Waals surface area (Å²) in [5.74, 6) is -1.40. The Morgan fingerprint density at radius 3 is 2.52 bits per heavy atom. The highest BCUT2D eigenvalue weighted by Gasteiger charge is 2.17. The van der Waals surface area contributed by atoms with Crippen molar-refractivity contribution in [3.63, 3.8) is 0 Å². The standard InChI is InChI=1S/C20H14N2O3/c1-12-3-2-4-17-18(12)16(11-22-17)19(23)15(10-21)9-13-5-7-14(8-6-13)20(24)25/h2-9,11,22H,1H3,(H,24,25)/b15-9-. The number of Topliss-reactive ketones (excluding diaryl/α,β-unsaturated/α-hetero) is 1. The van der Waals surface area contributed by atoms with E-state index in [4.69, 9.17) is 5.11 Å². The summed E-state index contributed by atoms with van der Waals surface area (Å²) in [6, 6.07) is 13.6. The van der Waals surface area contributed by atoms with Crippen molar-refractivity contribution in [1.29, 1.82) is 5.26 Å². The first-order chi connectivity index (χ1) is 12.0. The number of benzene rings is 2. The monoisotopic (exact) mass is 330 g/mol. The molecular formula is C20H14N2O3. The van der Waals surface area contributed by atoms with E-state index in [0.717, 1.165) is 16.5 Å². The third-order valence-corrected chi connectivity index (χ3v) is 3.99. The molecule has 0 fully saturated rings. The molecule has 0 aliphatic rings. The second-order valence-electron chi connectivity index (χ2n) is 5.63. The van der Waals surface area contributed by atoms with E-state index in [-0.39, 0.29) is 16.9 Å². The fourth-order valence-corrected chi connectivity index (χ4v) is 2.73. The molecule has 122 valence electrons. The quantitative estimate of drug-likeness (QED) is 0.430. The topological polar surface area (TPSA) is 94.0 Å². The van der Waals surface area contributed by atoms with Crippen LogP contribution in [0.5, 0.6) is 0 Å². The third kappa shape index (κ3) is 3.06. The summed E-state index contributed by atoms with van der Waals surface area (Å²) >= 11 is 0. The van der Waals surface area contributed by atoms with Gasteiger partial charge >= 0.3 is 5.97 Å². The summed E-state index contributed by atoms with van der Waals surface area (Å²) in [5, 5.41) is 19.1. The van der Waals surface area contributed by atoms with E-state index in [9.17, 15) is 14.9 Å². The first kappa shape index (κ1) is 16.2. The summed E-state index contributed by atoms with van der Waals surface area (Å²) in [6.45, 7) is 1.91. The average Bonchev–Trinajstić information content (AvgIpc) is 3.05. The number of aromatic nitrogens is 1. The number of aromatic carboxylic acids is 1. The molecule has 0 unspecified atom stereocenters. The van der Waals surface area contributed by atoms with Crippen molar-refractivity contribution in [2.75, 3.05) is 0 Å². The number of fused-ring (bicyclic) bond motifs is 1. The number of aryl methyl sites for hydroxylation is 1. The Bertz CT molecular complexity index is 1050. The summed E-state index contributed by atoms with van der Waals surface area (Å²) in [4.78, 5) is 26.7. The summed E-state index contributed by atoms with van der Waals surface area (Å²) in [6.07, 6.45) is 3.07. The van der Waals surface area contributed by atoms with Gasteiger partial charge in [0.25, 0.3) is 0 Å². The number of carbonyl (C=O) groups excluding carboxylic acids is 1. The number of hydrogen-bond donors (Lipinski definition) is 2. The molecule has 25 heavy (non-hydrogen) atoms. The second kappa shape index (κ2) is 6.46. The van der Waals surface area contributed by atoms with Gasteiger partial charge in [-0.2, -0.15) is 5.26 Å². The molecule has 0 atom stereocenters. The van der Waals surface area contributed by atoms with Gasteiger partial charge < -0.3 is 10.1 Å².